The van der Waals surface area contributed by atoms with Crippen LogP contribution in [-0.2, 0) is 4.74 Å². The predicted octanol–water partition coefficient (Wildman–Crippen LogP) is 2.11. The Labute approximate surface area is 112 Å². The summed E-state index contributed by atoms with van der Waals surface area (Å²) in [5.41, 5.74) is 6.79. The van der Waals surface area contributed by atoms with Crippen molar-refractivity contribution in [1.29, 1.82) is 0 Å². The van der Waals surface area contributed by atoms with Crippen LogP contribution in [0.2, 0.25) is 0 Å². The van der Waals surface area contributed by atoms with Gasteiger partial charge in [0.2, 0.25) is 0 Å². The monoisotopic (exact) mass is 254 g/mol. The van der Waals surface area contributed by atoms with E-state index < -0.39 is 0 Å². The van der Waals surface area contributed by atoms with Gasteiger partial charge in [-0.1, -0.05) is 27.7 Å². The molecule has 3 unspecified atom stereocenters. The fourth-order valence-electron chi connectivity index (χ4n) is 3.80. The maximum Gasteiger partial charge on any atom is 0.0691 e. The van der Waals surface area contributed by atoms with Gasteiger partial charge in [0.1, 0.15) is 0 Å². The highest BCUT2D eigenvalue weighted by Gasteiger charge is 2.67. The van der Waals surface area contributed by atoms with Crippen LogP contribution in [0.4, 0.5) is 0 Å². The Morgan fingerprint density at radius 3 is 2.67 bits per heavy atom. The Bertz CT molecular complexity index is 303. The van der Waals surface area contributed by atoms with Crippen molar-refractivity contribution in [2.75, 3.05) is 26.7 Å². The second-order valence-electron chi connectivity index (χ2n) is 7.37. The molecule has 3 atom stereocenters. The third-order valence-electron chi connectivity index (χ3n) is 5.28. The number of hydrogen-bond donors (Lipinski definition) is 1. The molecule has 2 fully saturated rings. The Hall–Kier alpha value is -0.120. The van der Waals surface area contributed by atoms with Crippen molar-refractivity contribution >= 4 is 0 Å². The minimum Gasteiger partial charge on any atom is -0.377 e. The lowest BCUT2D eigenvalue weighted by Gasteiger charge is -2.63. The summed E-state index contributed by atoms with van der Waals surface area (Å²) in [6, 6.07) is 0. The Morgan fingerprint density at radius 2 is 2.06 bits per heavy atom. The normalized spacial score (nSPS) is 38.0. The quantitative estimate of drug-likeness (QED) is 0.816. The number of likely N-dealkylation sites (N-methyl/N-ethyl adjacent to an activating group) is 1. The summed E-state index contributed by atoms with van der Waals surface area (Å²) in [7, 11) is 2.20. The van der Waals surface area contributed by atoms with Crippen LogP contribution in [0.15, 0.2) is 0 Å². The van der Waals surface area contributed by atoms with Crippen molar-refractivity contribution in [3.63, 3.8) is 0 Å². The summed E-state index contributed by atoms with van der Waals surface area (Å²) >= 11 is 0. The van der Waals surface area contributed by atoms with Gasteiger partial charge in [0.15, 0.2) is 0 Å². The molecule has 0 aromatic heterocycles. The molecule has 1 heterocycles. The molecule has 106 valence electrons. The van der Waals surface area contributed by atoms with Crippen LogP contribution < -0.4 is 5.73 Å². The number of nitrogens with two attached hydrogens (primary N) is 1. The van der Waals surface area contributed by atoms with Gasteiger partial charge < -0.3 is 15.4 Å². The summed E-state index contributed by atoms with van der Waals surface area (Å²) in [5, 5.41) is 0. The molecule has 0 aromatic rings. The van der Waals surface area contributed by atoms with Crippen LogP contribution in [0.1, 0.15) is 40.5 Å². The van der Waals surface area contributed by atoms with Crippen LogP contribution in [-0.4, -0.2) is 43.3 Å². The molecule has 0 spiro atoms. The fraction of sp³-hybridized carbons (Fsp3) is 1.00. The van der Waals surface area contributed by atoms with Gasteiger partial charge in [-0.2, -0.15) is 0 Å². The predicted molar refractivity (Wildman–Crippen MR) is 75.5 cm³/mol. The maximum absolute atomic E-state index is 6.75. The van der Waals surface area contributed by atoms with Crippen LogP contribution in [0.3, 0.4) is 0 Å². The highest BCUT2D eigenvalue weighted by Crippen LogP contribution is 2.58. The Balaban J connectivity index is 1.95. The van der Waals surface area contributed by atoms with Crippen LogP contribution in [0.25, 0.3) is 0 Å². The third-order valence-corrected chi connectivity index (χ3v) is 5.28. The van der Waals surface area contributed by atoms with Gasteiger partial charge in [-0.25, -0.2) is 0 Å². The summed E-state index contributed by atoms with van der Waals surface area (Å²) in [6.07, 6.45) is 2.78. The number of rotatable bonds is 5. The number of nitrogens with zero attached hydrogens (tertiary/aromatic N) is 1. The van der Waals surface area contributed by atoms with Crippen molar-refractivity contribution in [3.05, 3.63) is 0 Å². The lowest BCUT2D eigenvalue weighted by Crippen LogP contribution is -2.78. The van der Waals surface area contributed by atoms with Gasteiger partial charge in [-0.15, -0.1) is 0 Å². The van der Waals surface area contributed by atoms with E-state index in [9.17, 15) is 0 Å². The van der Waals surface area contributed by atoms with Crippen molar-refractivity contribution in [1.82, 2.24) is 4.90 Å². The molecule has 1 aliphatic heterocycles. The van der Waals surface area contributed by atoms with Gasteiger partial charge in [0.25, 0.3) is 0 Å². The van der Waals surface area contributed by atoms with Crippen molar-refractivity contribution in [2.24, 2.45) is 23.0 Å². The molecule has 0 bridgehead atoms. The minimum absolute atomic E-state index is 0.0695. The van der Waals surface area contributed by atoms with Gasteiger partial charge in [-0.05, 0) is 32.4 Å². The standard InChI is InChI=1S/C15H30N2O/c1-11(2)6-8-17(5)10-15(16)12-7-9-18-13(12)14(15,3)4/h11-13H,6-10,16H2,1-5H3. The van der Waals surface area contributed by atoms with Crippen LogP contribution >= 0.6 is 0 Å². The lowest BCUT2D eigenvalue weighted by molar-refractivity contribution is -0.161. The van der Waals surface area contributed by atoms with E-state index in [4.69, 9.17) is 10.5 Å². The summed E-state index contributed by atoms with van der Waals surface area (Å²) in [6.45, 7) is 12.1. The zero-order chi connectivity index (χ0) is 13.6. The Kier molecular flexibility index (Phi) is 3.79. The molecule has 0 amide bonds. The van der Waals surface area contributed by atoms with E-state index in [-0.39, 0.29) is 11.0 Å². The van der Waals surface area contributed by atoms with Gasteiger partial charge >= 0.3 is 0 Å². The van der Waals surface area contributed by atoms with Gasteiger partial charge in [0.05, 0.1) is 6.10 Å². The fourth-order valence-corrected chi connectivity index (χ4v) is 3.80. The lowest BCUT2D eigenvalue weighted by atomic mass is 9.48. The summed E-state index contributed by atoms with van der Waals surface area (Å²) < 4.78 is 5.84. The molecule has 18 heavy (non-hydrogen) atoms. The second-order valence-corrected chi connectivity index (χ2v) is 7.37. The van der Waals surface area contributed by atoms with Crippen molar-refractivity contribution in [2.45, 2.75) is 52.2 Å². The molecule has 0 radical (unpaired) electrons. The zero-order valence-corrected chi connectivity index (χ0v) is 12.7. The number of ether oxygens (including phenoxy) is 1. The van der Waals surface area contributed by atoms with Crippen LogP contribution in [0.5, 0.6) is 0 Å². The first-order chi connectivity index (χ1) is 8.29. The second kappa shape index (κ2) is 4.77. The summed E-state index contributed by atoms with van der Waals surface area (Å²) in [5.74, 6) is 1.33. The Morgan fingerprint density at radius 1 is 1.39 bits per heavy atom. The first-order valence-electron chi connectivity index (χ1n) is 7.38. The molecule has 0 aromatic carbocycles. The average molecular weight is 254 g/mol. The third kappa shape index (κ3) is 2.10. The summed E-state index contributed by atoms with van der Waals surface area (Å²) in [4.78, 5) is 2.41. The smallest absolute Gasteiger partial charge is 0.0691 e. The first-order valence-corrected chi connectivity index (χ1v) is 7.38. The molecular formula is C15H30N2O. The maximum atomic E-state index is 6.75. The molecule has 2 N–H and O–H groups in total. The molecular weight excluding hydrogens is 224 g/mol. The van der Waals surface area contributed by atoms with Gasteiger partial charge in [-0.3, -0.25) is 0 Å². The van der Waals surface area contributed by atoms with E-state index in [1.807, 2.05) is 0 Å². The molecule has 1 aliphatic carbocycles. The molecule has 2 rings (SSSR count). The van der Waals surface area contributed by atoms with E-state index in [0.29, 0.717) is 12.0 Å². The van der Waals surface area contributed by atoms with Crippen molar-refractivity contribution in [3.8, 4) is 0 Å². The van der Waals surface area contributed by atoms with Crippen molar-refractivity contribution < 1.29 is 4.74 Å². The highest BCUT2D eigenvalue weighted by atomic mass is 16.5. The van der Waals surface area contributed by atoms with E-state index in [2.05, 4.69) is 39.6 Å². The van der Waals surface area contributed by atoms with Crippen LogP contribution in [0, 0.1) is 17.3 Å². The minimum atomic E-state index is -0.0695. The van der Waals surface area contributed by atoms with E-state index in [1.165, 1.54) is 6.42 Å². The first kappa shape index (κ1) is 14.3. The topological polar surface area (TPSA) is 38.5 Å². The SMILES string of the molecule is CC(C)CCN(C)CC1(N)C2CCOC2C1(C)C. The zero-order valence-electron chi connectivity index (χ0n) is 12.7. The molecule has 3 heteroatoms. The van der Waals surface area contributed by atoms with E-state index >= 15 is 0 Å². The van der Waals surface area contributed by atoms with E-state index in [1.54, 1.807) is 0 Å². The van der Waals surface area contributed by atoms with Gasteiger partial charge in [0, 0.05) is 30.0 Å². The molecule has 3 nitrogen and oxygen atoms in total. The molecule has 1 saturated carbocycles. The highest BCUT2D eigenvalue weighted by molar-refractivity contribution is 5.21. The number of hydrogen-bond acceptors (Lipinski definition) is 3. The molecule has 2 aliphatic rings. The largest absolute Gasteiger partial charge is 0.377 e. The van der Waals surface area contributed by atoms with E-state index in [0.717, 1.165) is 32.0 Å². The average Bonchev–Trinajstić information content (AvgIpc) is 2.74. The number of fused-ring (bicyclic) bond motifs is 1. The molecule has 1 saturated heterocycles.